The van der Waals surface area contributed by atoms with Gasteiger partial charge in [-0.3, -0.25) is 4.79 Å². The van der Waals surface area contributed by atoms with E-state index in [-0.39, 0.29) is 12.0 Å². The van der Waals surface area contributed by atoms with E-state index in [2.05, 4.69) is 10.1 Å². The van der Waals surface area contributed by atoms with Crippen molar-refractivity contribution in [1.29, 1.82) is 0 Å². The number of methoxy groups -OCH3 is 1. The fraction of sp³-hybridized carbons (Fsp3) is 0.240. The molecular weight excluding hydrogens is 433 g/mol. The minimum absolute atomic E-state index is 0.00108. The summed E-state index contributed by atoms with van der Waals surface area (Å²) < 4.78 is 10.5. The van der Waals surface area contributed by atoms with E-state index in [9.17, 15) is 4.79 Å². The smallest absolute Gasteiger partial charge is 0.305 e. The molecule has 6 heteroatoms. The number of carbonyl (C=O) groups excluding carboxylic acids is 1. The van der Waals surface area contributed by atoms with Gasteiger partial charge in [0, 0.05) is 23.0 Å². The Balaban J connectivity index is 1.55. The van der Waals surface area contributed by atoms with Gasteiger partial charge in [-0.2, -0.15) is 0 Å². The quantitative estimate of drug-likeness (QED) is 0.306. The average Bonchev–Trinajstić information content (AvgIpc) is 2.80. The van der Waals surface area contributed by atoms with Crippen LogP contribution in [0.4, 0.5) is 0 Å². The molecule has 0 heterocycles. The van der Waals surface area contributed by atoms with Crippen molar-refractivity contribution in [1.82, 2.24) is 5.32 Å². The molecule has 0 aliphatic carbocycles. The summed E-state index contributed by atoms with van der Waals surface area (Å²) in [7, 11) is 1.40. The van der Waals surface area contributed by atoms with E-state index < -0.39 is 0 Å². The van der Waals surface area contributed by atoms with Crippen molar-refractivity contribution in [2.75, 3.05) is 20.3 Å². The third-order valence-corrected chi connectivity index (χ3v) is 5.40. The lowest BCUT2D eigenvalue weighted by molar-refractivity contribution is -0.140. The summed E-state index contributed by atoms with van der Waals surface area (Å²) >= 11 is 12.1. The summed E-state index contributed by atoms with van der Waals surface area (Å²) in [4.78, 5) is 11.3. The number of rotatable bonds is 10. The van der Waals surface area contributed by atoms with Gasteiger partial charge in [-0.15, -0.1) is 0 Å². The van der Waals surface area contributed by atoms with Gasteiger partial charge in [-0.25, -0.2) is 0 Å². The second-order valence-corrected chi connectivity index (χ2v) is 7.93. The van der Waals surface area contributed by atoms with Gasteiger partial charge in [-0.05, 0) is 59.5 Å². The number of hydrogen-bond acceptors (Lipinski definition) is 4. The Hall–Kier alpha value is -2.53. The maximum absolute atomic E-state index is 11.3. The largest absolute Gasteiger partial charge is 0.492 e. The summed E-state index contributed by atoms with van der Waals surface area (Å²) in [5, 5.41) is 4.96. The molecule has 0 atom stereocenters. The van der Waals surface area contributed by atoms with Gasteiger partial charge in [0.05, 0.1) is 13.2 Å². The molecule has 0 unspecified atom stereocenters. The highest BCUT2D eigenvalue weighted by Gasteiger charge is 2.13. The van der Waals surface area contributed by atoms with Gasteiger partial charge >= 0.3 is 5.97 Å². The molecule has 0 fully saturated rings. The van der Waals surface area contributed by atoms with E-state index in [1.807, 2.05) is 72.8 Å². The highest BCUT2D eigenvalue weighted by Crippen LogP contribution is 2.25. The van der Waals surface area contributed by atoms with Crippen molar-refractivity contribution in [3.05, 3.63) is 99.5 Å². The number of aryl methyl sites for hydroxylation is 1. The molecule has 0 bridgehead atoms. The molecule has 3 aromatic carbocycles. The van der Waals surface area contributed by atoms with Gasteiger partial charge in [-0.1, -0.05) is 59.6 Å². The number of ether oxygens (including phenoxy) is 2. The Morgan fingerprint density at radius 3 is 1.94 bits per heavy atom. The van der Waals surface area contributed by atoms with Crippen molar-refractivity contribution in [3.63, 3.8) is 0 Å². The third-order valence-electron chi connectivity index (χ3n) is 4.89. The highest BCUT2D eigenvalue weighted by atomic mass is 35.5. The van der Waals surface area contributed by atoms with Crippen molar-refractivity contribution in [3.8, 4) is 5.75 Å². The summed E-state index contributed by atoms with van der Waals surface area (Å²) in [6, 6.07) is 23.4. The molecule has 0 saturated heterocycles. The van der Waals surface area contributed by atoms with Crippen molar-refractivity contribution in [2.45, 2.75) is 18.9 Å². The summed E-state index contributed by atoms with van der Waals surface area (Å²) in [5.41, 5.74) is 3.30. The Bertz CT molecular complexity index is 912. The van der Waals surface area contributed by atoms with E-state index in [0.717, 1.165) is 22.4 Å². The fourth-order valence-electron chi connectivity index (χ4n) is 3.21. The average molecular weight is 458 g/mol. The van der Waals surface area contributed by atoms with E-state index in [1.54, 1.807) is 0 Å². The van der Waals surface area contributed by atoms with Gasteiger partial charge in [0.15, 0.2) is 0 Å². The first-order valence-corrected chi connectivity index (χ1v) is 10.8. The molecule has 31 heavy (non-hydrogen) atoms. The lowest BCUT2D eigenvalue weighted by atomic mass is 9.99. The summed E-state index contributed by atoms with van der Waals surface area (Å²) in [6.07, 6.45) is 1.02. The Morgan fingerprint density at radius 1 is 0.871 bits per heavy atom. The Kier molecular flexibility index (Phi) is 8.77. The maximum atomic E-state index is 11.3. The topological polar surface area (TPSA) is 47.6 Å². The normalized spacial score (nSPS) is 10.8. The minimum atomic E-state index is -0.206. The molecule has 3 rings (SSSR count). The first kappa shape index (κ1) is 23.1. The SMILES string of the molecule is COC(=O)CCc1ccc(OCCNC(c2ccc(Cl)cc2)c2ccc(Cl)cc2)cc1. The zero-order valence-corrected chi connectivity index (χ0v) is 18.8. The standard InChI is InChI=1S/C25H25Cl2NO3/c1-30-24(29)15-4-18-2-13-23(14-3-18)31-17-16-28-25(19-5-9-21(26)10-6-19)20-7-11-22(27)12-8-20/h2-3,5-14,25,28H,4,15-17H2,1H3. The number of carbonyl (C=O) groups is 1. The summed E-state index contributed by atoms with van der Waals surface area (Å²) in [6.45, 7) is 1.17. The monoisotopic (exact) mass is 457 g/mol. The maximum Gasteiger partial charge on any atom is 0.305 e. The third kappa shape index (κ3) is 7.28. The van der Waals surface area contributed by atoms with E-state index >= 15 is 0 Å². The molecule has 0 saturated carbocycles. The molecule has 3 aromatic rings. The fourth-order valence-corrected chi connectivity index (χ4v) is 3.46. The molecule has 162 valence electrons. The first-order chi connectivity index (χ1) is 15.0. The van der Waals surface area contributed by atoms with Crippen LogP contribution in [0.1, 0.15) is 29.2 Å². The number of halogens is 2. The molecule has 4 nitrogen and oxygen atoms in total. The predicted octanol–water partition coefficient (Wildman–Crippen LogP) is 5.86. The van der Waals surface area contributed by atoms with Crippen LogP contribution in [0.2, 0.25) is 10.0 Å². The van der Waals surface area contributed by atoms with Gasteiger partial charge in [0.25, 0.3) is 0 Å². The van der Waals surface area contributed by atoms with Crippen molar-refractivity contribution >= 4 is 29.2 Å². The molecule has 0 aliphatic heterocycles. The van der Waals surface area contributed by atoms with Crippen LogP contribution in [0.15, 0.2) is 72.8 Å². The lowest BCUT2D eigenvalue weighted by Crippen LogP contribution is -2.27. The minimum Gasteiger partial charge on any atom is -0.492 e. The van der Waals surface area contributed by atoms with Gasteiger partial charge in [0.2, 0.25) is 0 Å². The van der Waals surface area contributed by atoms with Gasteiger partial charge < -0.3 is 14.8 Å². The number of benzene rings is 3. The predicted molar refractivity (Wildman–Crippen MR) is 125 cm³/mol. The zero-order valence-electron chi connectivity index (χ0n) is 17.3. The van der Waals surface area contributed by atoms with E-state index in [4.69, 9.17) is 27.9 Å². The second-order valence-electron chi connectivity index (χ2n) is 7.06. The van der Waals surface area contributed by atoms with Crippen LogP contribution in [0, 0.1) is 0 Å². The number of esters is 1. The lowest BCUT2D eigenvalue weighted by Gasteiger charge is -2.20. The second kappa shape index (κ2) is 11.8. The van der Waals surface area contributed by atoms with Crippen LogP contribution in [-0.2, 0) is 16.0 Å². The van der Waals surface area contributed by atoms with Crippen LogP contribution < -0.4 is 10.1 Å². The molecule has 0 radical (unpaired) electrons. The molecule has 0 aliphatic rings. The van der Waals surface area contributed by atoms with Crippen LogP contribution in [0.5, 0.6) is 5.75 Å². The van der Waals surface area contributed by atoms with Crippen LogP contribution in [-0.4, -0.2) is 26.2 Å². The molecule has 0 amide bonds. The Labute approximate surface area is 193 Å². The van der Waals surface area contributed by atoms with Crippen molar-refractivity contribution < 1.29 is 14.3 Å². The van der Waals surface area contributed by atoms with Crippen LogP contribution >= 0.6 is 23.2 Å². The highest BCUT2D eigenvalue weighted by molar-refractivity contribution is 6.30. The molecule has 0 aromatic heterocycles. The molecule has 1 N–H and O–H groups in total. The molecular formula is C25H25Cl2NO3. The van der Waals surface area contributed by atoms with E-state index in [0.29, 0.717) is 36.0 Å². The Morgan fingerprint density at radius 2 is 1.42 bits per heavy atom. The summed E-state index contributed by atoms with van der Waals surface area (Å²) in [5.74, 6) is 0.584. The number of nitrogens with one attached hydrogen (secondary N) is 1. The van der Waals surface area contributed by atoms with Crippen molar-refractivity contribution in [2.24, 2.45) is 0 Å². The van der Waals surface area contributed by atoms with Crippen LogP contribution in [0.3, 0.4) is 0 Å². The first-order valence-electron chi connectivity index (χ1n) is 10.1. The van der Waals surface area contributed by atoms with Gasteiger partial charge in [0.1, 0.15) is 12.4 Å². The number of hydrogen-bond donors (Lipinski definition) is 1. The van der Waals surface area contributed by atoms with E-state index in [1.165, 1.54) is 7.11 Å². The molecule has 0 spiro atoms. The van der Waals surface area contributed by atoms with Crippen LogP contribution in [0.25, 0.3) is 0 Å². The zero-order chi connectivity index (χ0) is 22.1.